The lowest BCUT2D eigenvalue weighted by molar-refractivity contribution is 0.0694. The van der Waals surface area contributed by atoms with Crippen LogP contribution in [0.15, 0.2) is 36.7 Å². The number of phenols is 1. The van der Waals surface area contributed by atoms with Crippen LogP contribution in [0.3, 0.4) is 0 Å². The Balaban J connectivity index is 2.21. The molecule has 0 aliphatic rings. The molecule has 2 aromatic heterocycles. The van der Waals surface area contributed by atoms with Crippen LogP contribution in [-0.4, -0.2) is 25.7 Å². The Bertz CT molecular complexity index is 868. The Labute approximate surface area is 113 Å². The monoisotopic (exact) mass is 267 g/mol. The second-order valence-electron chi connectivity index (χ2n) is 4.27. The second-order valence-corrected chi connectivity index (χ2v) is 4.27. The minimum atomic E-state index is -1.19. The van der Waals surface area contributed by atoms with E-state index in [0.717, 1.165) is 5.52 Å². The van der Waals surface area contributed by atoms with E-state index in [1.54, 1.807) is 29.1 Å². The predicted molar refractivity (Wildman–Crippen MR) is 71.0 cm³/mol. The third kappa shape index (κ3) is 1.61. The number of carboxylic acids is 1. The Morgan fingerprint density at radius 1 is 1.35 bits per heavy atom. The summed E-state index contributed by atoms with van der Waals surface area (Å²) in [6.07, 6.45) is 3.35. The van der Waals surface area contributed by atoms with Gasteiger partial charge in [-0.2, -0.15) is 5.26 Å². The van der Waals surface area contributed by atoms with Gasteiger partial charge < -0.3 is 19.8 Å². The molecule has 0 radical (unpaired) electrons. The van der Waals surface area contributed by atoms with Gasteiger partial charge in [0.25, 0.3) is 0 Å². The topological polar surface area (TPSA) is 102 Å². The second kappa shape index (κ2) is 4.17. The minimum Gasteiger partial charge on any atom is -0.507 e. The van der Waals surface area contributed by atoms with Crippen LogP contribution in [0.25, 0.3) is 16.7 Å². The van der Waals surface area contributed by atoms with Gasteiger partial charge in [-0.1, -0.05) is 0 Å². The normalized spacial score (nSPS) is 10.6. The molecule has 3 N–H and O–H groups in total. The largest absolute Gasteiger partial charge is 0.507 e. The van der Waals surface area contributed by atoms with Crippen LogP contribution in [0.5, 0.6) is 5.75 Å². The number of hydrogen-bond donors (Lipinski definition) is 3. The number of hydrogen-bond acceptors (Lipinski definition) is 3. The summed E-state index contributed by atoms with van der Waals surface area (Å²) in [4.78, 5) is 13.8. The smallest absolute Gasteiger partial charge is 0.339 e. The van der Waals surface area contributed by atoms with Crippen LogP contribution in [-0.2, 0) is 0 Å². The van der Waals surface area contributed by atoms with Gasteiger partial charge in [0.2, 0.25) is 0 Å². The first kappa shape index (κ1) is 11.9. The van der Waals surface area contributed by atoms with Gasteiger partial charge in [-0.25, -0.2) is 4.79 Å². The van der Waals surface area contributed by atoms with Crippen molar-refractivity contribution in [3.63, 3.8) is 0 Å². The minimum absolute atomic E-state index is 0.160. The van der Waals surface area contributed by atoms with Gasteiger partial charge in [-0.15, -0.1) is 0 Å². The van der Waals surface area contributed by atoms with E-state index in [4.69, 9.17) is 10.4 Å². The van der Waals surface area contributed by atoms with Gasteiger partial charge in [0.05, 0.1) is 16.6 Å². The van der Waals surface area contributed by atoms with E-state index in [2.05, 4.69) is 11.1 Å². The van der Waals surface area contributed by atoms with E-state index >= 15 is 0 Å². The molecule has 2 heterocycles. The molecule has 0 atom stereocenters. The van der Waals surface area contributed by atoms with Gasteiger partial charge in [0.15, 0.2) is 0 Å². The van der Waals surface area contributed by atoms with Crippen LogP contribution < -0.4 is 0 Å². The highest BCUT2D eigenvalue weighted by Gasteiger charge is 2.14. The number of benzene rings is 1. The van der Waals surface area contributed by atoms with Crippen LogP contribution in [0.2, 0.25) is 0 Å². The van der Waals surface area contributed by atoms with Gasteiger partial charge in [-0.3, -0.25) is 0 Å². The van der Waals surface area contributed by atoms with E-state index in [0.29, 0.717) is 16.8 Å². The fourth-order valence-electron chi connectivity index (χ4n) is 2.19. The van der Waals surface area contributed by atoms with E-state index in [1.165, 1.54) is 12.1 Å². The molecule has 0 unspecified atom stereocenters. The average Bonchev–Trinajstić information content (AvgIpc) is 2.99. The number of aromatic nitrogens is 2. The molecule has 6 nitrogen and oxygen atoms in total. The molecule has 98 valence electrons. The first-order valence-electron chi connectivity index (χ1n) is 5.77. The maximum absolute atomic E-state index is 10.9. The summed E-state index contributed by atoms with van der Waals surface area (Å²) in [6, 6.07) is 8.15. The summed E-state index contributed by atoms with van der Waals surface area (Å²) in [5.74, 6) is -1.50. The van der Waals surface area contributed by atoms with Crippen molar-refractivity contribution in [3.8, 4) is 17.5 Å². The number of rotatable bonds is 2. The number of nitrogens with one attached hydrogen (secondary N) is 1. The van der Waals surface area contributed by atoms with E-state index < -0.39 is 5.97 Å². The average molecular weight is 267 g/mol. The standard InChI is InChI=1S/C14H9N3O3/c15-6-8-7-17(11-3-4-16-13(8)11)9-1-2-10(14(19)20)12(18)5-9/h1-5,7,16,18H,(H,19,20). The van der Waals surface area contributed by atoms with Gasteiger partial charge >= 0.3 is 5.97 Å². The molecule has 3 rings (SSSR count). The number of fused-ring (bicyclic) bond motifs is 1. The zero-order valence-electron chi connectivity index (χ0n) is 10.2. The zero-order chi connectivity index (χ0) is 14.3. The maximum atomic E-state index is 10.9. The van der Waals surface area contributed by atoms with Crippen LogP contribution >= 0.6 is 0 Å². The van der Waals surface area contributed by atoms with Crippen molar-refractivity contribution in [2.75, 3.05) is 0 Å². The highest BCUT2D eigenvalue weighted by molar-refractivity contribution is 5.91. The van der Waals surface area contributed by atoms with Crippen LogP contribution in [0.1, 0.15) is 15.9 Å². The van der Waals surface area contributed by atoms with E-state index in [-0.39, 0.29) is 11.3 Å². The Morgan fingerprint density at radius 3 is 2.80 bits per heavy atom. The summed E-state index contributed by atoms with van der Waals surface area (Å²) < 4.78 is 1.72. The number of nitrogens with zero attached hydrogens (tertiary/aromatic N) is 2. The lowest BCUT2D eigenvalue weighted by Gasteiger charge is -2.06. The molecule has 0 spiro atoms. The van der Waals surface area contributed by atoms with Crippen LogP contribution in [0, 0.1) is 11.3 Å². The molecule has 0 aliphatic carbocycles. The van der Waals surface area contributed by atoms with Gasteiger partial charge in [-0.05, 0) is 18.2 Å². The van der Waals surface area contributed by atoms with Crippen molar-refractivity contribution >= 4 is 17.0 Å². The third-order valence-electron chi connectivity index (χ3n) is 3.12. The molecule has 0 aliphatic heterocycles. The highest BCUT2D eigenvalue weighted by atomic mass is 16.4. The van der Waals surface area contributed by atoms with Gasteiger partial charge in [0, 0.05) is 24.1 Å². The summed E-state index contributed by atoms with van der Waals surface area (Å²) in [7, 11) is 0. The highest BCUT2D eigenvalue weighted by Crippen LogP contribution is 2.27. The molecular formula is C14H9N3O3. The van der Waals surface area contributed by atoms with E-state index in [9.17, 15) is 9.90 Å². The van der Waals surface area contributed by atoms with Crippen molar-refractivity contribution in [2.45, 2.75) is 0 Å². The number of H-pyrrole nitrogens is 1. The SMILES string of the molecule is N#Cc1cn(-c2ccc(C(=O)O)c(O)c2)c2cc[nH]c12. The van der Waals surface area contributed by atoms with Crippen LogP contribution in [0.4, 0.5) is 0 Å². The number of aromatic amines is 1. The summed E-state index contributed by atoms with van der Waals surface area (Å²) >= 11 is 0. The lowest BCUT2D eigenvalue weighted by atomic mass is 10.2. The number of nitriles is 1. The summed E-state index contributed by atoms with van der Waals surface area (Å²) in [5, 5.41) is 27.7. The fourth-order valence-corrected chi connectivity index (χ4v) is 2.19. The third-order valence-corrected chi connectivity index (χ3v) is 3.12. The first-order chi connectivity index (χ1) is 9.61. The summed E-state index contributed by atoms with van der Waals surface area (Å²) in [5.41, 5.74) is 2.38. The number of carbonyl (C=O) groups is 1. The Kier molecular flexibility index (Phi) is 2.48. The first-order valence-corrected chi connectivity index (χ1v) is 5.77. The molecule has 0 saturated carbocycles. The molecule has 1 aromatic carbocycles. The van der Waals surface area contributed by atoms with E-state index in [1.807, 2.05) is 0 Å². The molecule has 0 amide bonds. The lowest BCUT2D eigenvalue weighted by Crippen LogP contribution is -1.98. The van der Waals surface area contributed by atoms with Crippen molar-refractivity contribution in [1.29, 1.82) is 5.26 Å². The number of aromatic hydroxyl groups is 1. The molecule has 20 heavy (non-hydrogen) atoms. The molecule has 6 heteroatoms. The molecule has 0 saturated heterocycles. The van der Waals surface area contributed by atoms with Crippen molar-refractivity contribution in [3.05, 3.63) is 47.8 Å². The number of aromatic carboxylic acids is 1. The number of carboxylic acid groups (broad SMARTS) is 1. The molecular weight excluding hydrogens is 258 g/mol. The van der Waals surface area contributed by atoms with Crippen molar-refractivity contribution in [1.82, 2.24) is 9.55 Å². The fraction of sp³-hybridized carbons (Fsp3) is 0. The molecule has 0 fully saturated rings. The Morgan fingerprint density at radius 2 is 2.15 bits per heavy atom. The van der Waals surface area contributed by atoms with Crippen molar-refractivity contribution < 1.29 is 15.0 Å². The maximum Gasteiger partial charge on any atom is 0.339 e. The quantitative estimate of drug-likeness (QED) is 0.662. The summed E-state index contributed by atoms with van der Waals surface area (Å²) in [6.45, 7) is 0. The van der Waals surface area contributed by atoms with Crippen molar-refractivity contribution in [2.24, 2.45) is 0 Å². The molecule has 0 bridgehead atoms. The Hall–Kier alpha value is -3.20. The molecule has 3 aromatic rings. The zero-order valence-corrected chi connectivity index (χ0v) is 10.2. The predicted octanol–water partition coefficient (Wildman–Crippen LogP) is 2.23. The van der Waals surface area contributed by atoms with Gasteiger partial charge in [0.1, 0.15) is 17.4 Å².